The number of methoxy groups -OCH3 is 1. The Labute approximate surface area is 200 Å². The first-order chi connectivity index (χ1) is 16.0. The first kappa shape index (κ1) is 23.6. The minimum atomic E-state index is -0.185. The second kappa shape index (κ2) is 11.0. The maximum atomic E-state index is 13.0. The van der Waals surface area contributed by atoms with Crippen molar-refractivity contribution in [3.05, 3.63) is 57.8 Å². The number of amides is 1. The van der Waals surface area contributed by atoms with Crippen LogP contribution in [0.3, 0.4) is 0 Å². The smallest absolute Gasteiger partial charge is 0.262 e. The lowest BCUT2D eigenvalue weighted by atomic mass is 10.2. The lowest BCUT2D eigenvalue weighted by Gasteiger charge is -2.28. The molecule has 0 radical (unpaired) electrons. The Hall–Kier alpha value is -2.59. The second-order valence-corrected chi connectivity index (χ2v) is 8.87. The summed E-state index contributed by atoms with van der Waals surface area (Å²) in [7, 11) is 1.57. The van der Waals surface area contributed by atoms with Crippen molar-refractivity contribution in [1.82, 2.24) is 9.55 Å². The maximum absolute atomic E-state index is 13.0. The van der Waals surface area contributed by atoms with Crippen LogP contribution in [0, 0.1) is 0 Å². The minimum Gasteiger partial charge on any atom is -0.383 e. The highest BCUT2D eigenvalue weighted by molar-refractivity contribution is 7.99. The molecular weight excluding hydrogens is 464 g/mol. The zero-order valence-electron chi connectivity index (χ0n) is 18.3. The predicted molar refractivity (Wildman–Crippen MR) is 132 cm³/mol. The second-order valence-electron chi connectivity index (χ2n) is 7.49. The lowest BCUT2D eigenvalue weighted by Crippen LogP contribution is -2.36. The van der Waals surface area contributed by atoms with Crippen molar-refractivity contribution in [1.29, 1.82) is 0 Å². The summed E-state index contributed by atoms with van der Waals surface area (Å²) < 4.78 is 12.1. The number of nitrogens with zero attached hydrogens (tertiary/aromatic N) is 3. The molecule has 2 heterocycles. The summed E-state index contributed by atoms with van der Waals surface area (Å²) in [5.41, 5.74) is 2.14. The van der Waals surface area contributed by atoms with Gasteiger partial charge in [-0.25, -0.2) is 4.98 Å². The van der Waals surface area contributed by atoms with Gasteiger partial charge in [-0.1, -0.05) is 23.4 Å². The number of halogens is 1. The number of hydrogen-bond acceptors (Lipinski definition) is 7. The monoisotopic (exact) mass is 488 g/mol. The van der Waals surface area contributed by atoms with Gasteiger partial charge in [-0.3, -0.25) is 14.2 Å². The molecule has 0 spiro atoms. The Morgan fingerprint density at radius 2 is 1.97 bits per heavy atom. The van der Waals surface area contributed by atoms with E-state index in [1.165, 1.54) is 16.3 Å². The number of carbonyl (C=O) groups excluding carboxylic acids is 1. The lowest BCUT2D eigenvalue weighted by molar-refractivity contribution is -0.113. The summed E-state index contributed by atoms with van der Waals surface area (Å²) in [6.07, 6.45) is 0. The molecule has 0 saturated carbocycles. The van der Waals surface area contributed by atoms with Gasteiger partial charge in [-0.2, -0.15) is 0 Å². The zero-order valence-corrected chi connectivity index (χ0v) is 19.8. The fourth-order valence-corrected chi connectivity index (χ4v) is 4.56. The third kappa shape index (κ3) is 5.86. The van der Waals surface area contributed by atoms with Gasteiger partial charge in [0.25, 0.3) is 5.56 Å². The molecule has 1 amide bonds. The Kier molecular flexibility index (Phi) is 7.87. The molecule has 0 unspecified atom stereocenters. The van der Waals surface area contributed by atoms with Crippen molar-refractivity contribution in [3.8, 4) is 0 Å². The van der Waals surface area contributed by atoms with Gasteiger partial charge in [0.05, 0.1) is 43.0 Å². The first-order valence-corrected chi connectivity index (χ1v) is 12.0. The number of rotatable bonds is 8. The first-order valence-electron chi connectivity index (χ1n) is 10.6. The van der Waals surface area contributed by atoms with Crippen molar-refractivity contribution >= 4 is 51.5 Å². The standard InChI is InChI=1S/C23H25ClN4O4S/c1-31-11-10-28-22(30)19-7-2-16(24)14-20(19)26-23(28)33-15-21(29)25-17-3-5-18(6-4-17)27-8-12-32-13-9-27/h2-7,14H,8-13,15H2,1H3,(H,25,29). The number of morpholine rings is 1. The molecule has 0 atom stereocenters. The summed E-state index contributed by atoms with van der Waals surface area (Å²) >= 11 is 7.28. The topological polar surface area (TPSA) is 85.7 Å². The van der Waals surface area contributed by atoms with Crippen LogP contribution in [0.1, 0.15) is 0 Å². The van der Waals surface area contributed by atoms with Crippen LogP contribution in [0.15, 0.2) is 52.4 Å². The molecule has 33 heavy (non-hydrogen) atoms. The Morgan fingerprint density at radius 3 is 2.70 bits per heavy atom. The van der Waals surface area contributed by atoms with Crippen molar-refractivity contribution in [3.63, 3.8) is 0 Å². The molecule has 0 aliphatic carbocycles. The molecule has 1 aliphatic rings. The minimum absolute atomic E-state index is 0.108. The number of nitrogens with one attached hydrogen (secondary N) is 1. The van der Waals surface area contributed by atoms with E-state index in [9.17, 15) is 9.59 Å². The van der Waals surface area contributed by atoms with E-state index in [4.69, 9.17) is 21.1 Å². The average molecular weight is 489 g/mol. The van der Waals surface area contributed by atoms with Crippen LogP contribution in [0.25, 0.3) is 10.9 Å². The molecule has 4 rings (SSSR count). The summed E-state index contributed by atoms with van der Waals surface area (Å²) in [5, 5.41) is 4.33. The van der Waals surface area contributed by atoms with E-state index in [0.717, 1.165) is 32.0 Å². The van der Waals surface area contributed by atoms with E-state index in [1.807, 2.05) is 24.3 Å². The van der Waals surface area contributed by atoms with Crippen LogP contribution < -0.4 is 15.8 Å². The Balaban J connectivity index is 1.44. The van der Waals surface area contributed by atoms with Crippen LogP contribution in [0.2, 0.25) is 5.02 Å². The van der Waals surface area contributed by atoms with Crippen molar-refractivity contribution in [2.45, 2.75) is 11.7 Å². The van der Waals surface area contributed by atoms with Crippen LogP contribution in [0.4, 0.5) is 11.4 Å². The molecule has 10 heteroatoms. The molecule has 3 aromatic rings. The Morgan fingerprint density at radius 1 is 1.21 bits per heavy atom. The van der Waals surface area contributed by atoms with Gasteiger partial charge in [0.1, 0.15) is 0 Å². The number of ether oxygens (including phenoxy) is 2. The summed E-state index contributed by atoms with van der Waals surface area (Å²) in [4.78, 5) is 32.4. The van der Waals surface area contributed by atoms with E-state index < -0.39 is 0 Å². The fraction of sp³-hybridized carbons (Fsp3) is 0.348. The summed E-state index contributed by atoms with van der Waals surface area (Å²) in [6, 6.07) is 12.7. The van der Waals surface area contributed by atoms with Gasteiger partial charge in [0, 0.05) is 36.6 Å². The van der Waals surface area contributed by atoms with Gasteiger partial charge in [-0.15, -0.1) is 0 Å². The average Bonchev–Trinajstić information content (AvgIpc) is 2.83. The molecular formula is C23H25ClN4O4S. The number of anilines is 2. The number of hydrogen-bond donors (Lipinski definition) is 1. The van der Waals surface area contributed by atoms with Crippen molar-refractivity contribution < 1.29 is 14.3 Å². The molecule has 1 N–H and O–H groups in total. The van der Waals surface area contributed by atoms with E-state index in [-0.39, 0.29) is 17.2 Å². The number of aromatic nitrogens is 2. The van der Waals surface area contributed by atoms with Crippen molar-refractivity contribution in [2.24, 2.45) is 0 Å². The van der Waals surface area contributed by atoms with E-state index in [0.29, 0.717) is 39.9 Å². The molecule has 2 aromatic carbocycles. The van der Waals surface area contributed by atoms with Gasteiger partial charge < -0.3 is 19.7 Å². The quantitative estimate of drug-likeness (QED) is 0.384. The van der Waals surface area contributed by atoms with E-state index >= 15 is 0 Å². The molecule has 1 aromatic heterocycles. The van der Waals surface area contributed by atoms with Crippen LogP contribution in [0.5, 0.6) is 0 Å². The highest BCUT2D eigenvalue weighted by Gasteiger charge is 2.15. The normalized spacial score (nSPS) is 13.9. The number of carbonyl (C=O) groups is 1. The van der Waals surface area contributed by atoms with Crippen molar-refractivity contribution in [2.75, 3.05) is 56.0 Å². The number of benzene rings is 2. The van der Waals surface area contributed by atoms with Gasteiger partial charge in [0.15, 0.2) is 5.16 Å². The largest absolute Gasteiger partial charge is 0.383 e. The highest BCUT2D eigenvalue weighted by atomic mass is 35.5. The zero-order chi connectivity index (χ0) is 23.2. The van der Waals surface area contributed by atoms with Crippen LogP contribution in [-0.2, 0) is 20.8 Å². The number of fused-ring (bicyclic) bond motifs is 1. The molecule has 1 fully saturated rings. The molecule has 8 nitrogen and oxygen atoms in total. The molecule has 174 valence electrons. The predicted octanol–water partition coefficient (Wildman–Crippen LogP) is 3.26. The van der Waals surface area contributed by atoms with Gasteiger partial charge in [0.2, 0.25) is 5.91 Å². The van der Waals surface area contributed by atoms with E-state index in [2.05, 4.69) is 15.2 Å². The molecule has 1 aliphatic heterocycles. The van der Waals surface area contributed by atoms with Crippen LogP contribution >= 0.6 is 23.4 Å². The summed E-state index contributed by atoms with van der Waals surface area (Å²) in [6.45, 7) is 3.86. The SMILES string of the molecule is COCCn1c(SCC(=O)Nc2ccc(N3CCOCC3)cc2)nc2cc(Cl)ccc2c1=O. The van der Waals surface area contributed by atoms with Gasteiger partial charge in [-0.05, 0) is 42.5 Å². The third-order valence-electron chi connectivity index (χ3n) is 5.26. The van der Waals surface area contributed by atoms with Gasteiger partial charge >= 0.3 is 0 Å². The Bertz CT molecular complexity index is 1180. The molecule has 1 saturated heterocycles. The fourth-order valence-electron chi connectivity index (χ4n) is 3.57. The maximum Gasteiger partial charge on any atom is 0.262 e. The van der Waals surface area contributed by atoms with E-state index in [1.54, 1.807) is 25.3 Å². The van der Waals surface area contributed by atoms with Crippen LogP contribution in [-0.4, -0.2) is 61.2 Å². The summed E-state index contributed by atoms with van der Waals surface area (Å²) in [5.74, 6) is -0.0747. The number of thioether (sulfide) groups is 1. The third-order valence-corrected chi connectivity index (χ3v) is 6.47. The molecule has 0 bridgehead atoms. The highest BCUT2D eigenvalue weighted by Crippen LogP contribution is 2.22.